The lowest BCUT2D eigenvalue weighted by molar-refractivity contribution is 0.358. The van der Waals surface area contributed by atoms with Crippen LogP contribution in [-0.2, 0) is 0 Å². The molecule has 1 fully saturated rings. The average molecular weight is 149 g/mol. The van der Waals surface area contributed by atoms with Crippen LogP contribution in [-0.4, -0.2) is 0 Å². The van der Waals surface area contributed by atoms with Gasteiger partial charge in [-0.15, -0.1) is 0 Å². The van der Waals surface area contributed by atoms with Gasteiger partial charge < -0.3 is 0 Å². The SMILES string of the molecule is CC1CC(=CC#N)CC(C)C1. The highest BCUT2D eigenvalue weighted by atomic mass is 14.3. The first-order valence-corrected chi connectivity index (χ1v) is 4.30. The molecule has 1 aliphatic carbocycles. The number of nitrogens with zero attached hydrogens (tertiary/aromatic N) is 1. The van der Waals surface area contributed by atoms with Crippen LogP contribution in [0.3, 0.4) is 0 Å². The van der Waals surface area contributed by atoms with Crippen molar-refractivity contribution in [2.75, 3.05) is 0 Å². The summed E-state index contributed by atoms with van der Waals surface area (Å²) >= 11 is 0. The average Bonchev–Trinajstić information content (AvgIpc) is 1.85. The predicted octanol–water partition coefficient (Wildman–Crippen LogP) is 2.89. The Bertz CT molecular complexity index is 185. The highest BCUT2D eigenvalue weighted by molar-refractivity contribution is 5.15. The molecule has 1 rings (SSSR count). The van der Waals surface area contributed by atoms with Crippen LogP contribution in [0.2, 0.25) is 0 Å². The summed E-state index contributed by atoms with van der Waals surface area (Å²) in [6.07, 6.45) is 5.32. The molecule has 1 saturated carbocycles. The highest BCUT2D eigenvalue weighted by Gasteiger charge is 2.18. The summed E-state index contributed by atoms with van der Waals surface area (Å²) in [4.78, 5) is 0. The van der Waals surface area contributed by atoms with E-state index in [9.17, 15) is 0 Å². The molecule has 1 aliphatic rings. The molecule has 0 radical (unpaired) electrons. The van der Waals surface area contributed by atoms with Crippen molar-refractivity contribution in [2.24, 2.45) is 11.8 Å². The lowest BCUT2D eigenvalue weighted by Crippen LogP contribution is -2.12. The Balaban J connectivity index is 2.58. The van der Waals surface area contributed by atoms with Crippen LogP contribution < -0.4 is 0 Å². The van der Waals surface area contributed by atoms with Gasteiger partial charge >= 0.3 is 0 Å². The Labute approximate surface area is 68.7 Å². The van der Waals surface area contributed by atoms with Crippen LogP contribution in [0, 0.1) is 23.2 Å². The van der Waals surface area contributed by atoms with E-state index in [4.69, 9.17) is 5.26 Å². The molecule has 60 valence electrons. The van der Waals surface area contributed by atoms with E-state index in [0.717, 1.165) is 24.7 Å². The third-order valence-corrected chi connectivity index (χ3v) is 2.29. The smallest absolute Gasteiger partial charge is 0.0911 e. The zero-order valence-electron chi connectivity index (χ0n) is 7.30. The molecule has 0 amide bonds. The first kappa shape index (κ1) is 8.33. The molecular formula is C10H15N. The fourth-order valence-corrected chi connectivity index (χ4v) is 2.04. The predicted molar refractivity (Wildman–Crippen MR) is 45.9 cm³/mol. The van der Waals surface area contributed by atoms with Crippen LogP contribution in [0.15, 0.2) is 11.6 Å². The molecular weight excluding hydrogens is 134 g/mol. The maximum Gasteiger partial charge on any atom is 0.0911 e. The van der Waals surface area contributed by atoms with Crippen molar-refractivity contribution >= 4 is 0 Å². The number of rotatable bonds is 0. The van der Waals surface area contributed by atoms with Crippen LogP contribution in [0.4, 0.5) is 0 Å². The molecule has 0 N–H and O–H groups in total. The lowest BCUT2D eigenvalue weighted by atomic mass is 9.80. The van der Waals surface area contributed by atoms with Gasteiger partial charge in [0.15, 0.2) is 0 Å². The van der Waals surface area contributed by atoms with Gasteiger partial charge in [0, 0.05) is 6.08 Å². The van der Waals surface area contributed by atoms with E-state index in [-0.39, 0.29) is 0 Å². The van der Waals surface area contributed by atoms with Gasteiger partial charge in [0.05, 0.1) is 6.07 Å². The second-order valence-corrected chi connectivity index (χ2v) is 3.79. The summed E-state index contributed by atoms with van der Waals surface area (Å²) in [7, 11) is 0. The summed E-state index contributed by atoms with van der Waals surface area (Å²) in [6.45, 7) is 4.53. The second kappa shape index (κ2) is 3.57. The van der Waals surface area contributed by atoms with Crippen LogP contribution in [0.25, 0.3) is 0 Å². The Morgan fingerprint density at radius 1 is 1.36 bits per heavy atom. The summed E-state index contributed by atoms with van der Waals surface area (Å²) in [6, 6.07) is 2.12. The molecule has 2 atom stereocenters. The normalized spacial score (nSPS) is 31.2. The van der Waals surface area contributed by atoms with E-state index in [1.807, 2.05) is 0 Å². The second-order valence-electron chi connectivity index (χ2n) is 3.79. The third-order valence-electron chi connectivity index (χ3n) is 2.29. The highest BCUT2D eigenvalue weighted by Crippen LogP contribution is 2.31. The maximum atomic E-state index is 8.46. The molecule has 11 heavy (non-hydrogen) atoms. The van der Waals surface area contributed by atoms with Crippen molar-refractivity contribution in [3.63, 3.8) is 0 Å². The van der Waals surface area contributed by atoms with Gasteiger partial charge in [-0.05, 0) is 31.1 Å². The molecule has 0 aromatic heterocycles. The van der Waals surface area contributed by atoms with Crippen molar-refractivity contribution in [1.82, 2.24) is 0 Å². The van der Waals surface area contributed by atoms with Crippen molar-refractivity contribution in [3.8, 4) is 6.07 Å². The van der Waals surface area contributed by atoms with Gasteiger partial charge in [-0.1, -0.05) is 19.4 Å². The fraction of sp³-hybridized carbons (Fsp3) is 0.700. The molecule has 0 heterocycles. The van der Waals surface area contributed by atoms with Gasteiger partial charge in [-0.25, -0.2) is 0 Å². The van der Waals surface area contributed by atoms with Gasteiger partial charge in [0.1, 0.15) is 0 Å². The lowest BCUT2D eigenvalue weighted by Gasteiger charge is -2.25. The third kappa shape index (κ3) is 2.38. The molecule has 0 saturated heterocycles. The van der Waals surface area contributed by atoms with E-state index < -0.39 is 0 Å². The molecule has 0 aromatic rings. The van der Waals surface area contributed by atoms with Crippen molar-refractivity contribution in [1.29, 1.82) is 5.26 Å². The van der Waals surface area contributed by atoms with E-state index in [0.29, 0.717) is 0 Å². The van der Waals surface area contributed by atoms with Crippen molar-refractivity contribution < 1.29 is 0 Å². The number of hydrogen-bond donors (Lipinski definition) is 0. The topological polar surface area (TPSA) is 23.8 Å². The van der Waals surface area contributed by atoms with Crippen LogP contribution >= 0.6 is 0 Å². The minimum atomic E-state index is 0.776. The first-order valence-electron chi connectivity index (χ1n) is 4.30. The van der Waals surface area contributed by atoms with Crippen LogP contribution in [0.5, 0.6) is 0 Å². The minimum absolute atomic E-state index is 0.776. The summed E-state index contributed by atoms with van der Waals surface area (Å²) in [5, 5.41) is 8.46. The van der Waals surface area contributed by atoms with E-state index in [1.165, 1.54) is 12.0 Å². The Hall–Kier alpha value is -0.770. The molecule has 0 bridgehead atoms. The number of hydrogen-bond acceptors (Lipinski definition) is 1. The summed E-state index contributed by atoms with van der Waals surface area (Å²) < 4.78 is 0. The van der Waals surface area contributed by atoms with Gasteiger partial charge in [0.2, 0.25) is 0 Å². The molecule has 0 aromatic carbocycles. The molecule has 1 heteroatoms. The molecule has 1 nitrogen and oxygen atoms in total. The maximum absolute atomic E-state index is 8.46. The van der Waals surface area contributed by atoms with Crippen molar-refractivity contribution in [2.45, 2.75) is 33.1 Å². The summed E-state index contributed by atoms with van der Waals surface area (Å²) in [5.41, 5.74) is 1.35. The first-order chi connectivity index (χ1) is 5.22. The van der Waals surface area contributed by atoms with Crippen LogP contribution in [0.1, 0.15) is 33.1 Å². The Kier molecular flexibility index (Phi) is 2.70. The fourth-order valence-electron chi connectivity index (χ4n) is 2.04. The van der Waals surface area contributed by atoms with Gasteiger partial charge in [0.25, 0.3) is 0 Å². The Morgan fingerprint density at radius 3 is 2.36 bits per heavy atom. The monoisotopic (exact) mass is 149 g/mol. The molecule has 0 aliphatic heterocycles. The molecule has 0 spiro atoms. The molecule has 2 unspecified atom stereocenters. The summed E-state index contributed by atoms with van der Waals surface area (Å²) in [5.74, 6) is 1.55. The van der Waals surface area contributed by atoms with E-state index in [2.05, 4.69) is 19.9 Å². The van der Waals surface area contributed by atoms with E-state index >= 15 is 0 Å². The standard InChI is InChI=1S/C10H15N/c1-8-5-9(2)7-10(6-8)3-4-11/h3,8-9H,5-7H2,1-2H3. The zero-order valence-corrected chi connectivity index (χ0v) is 7.30. The zero-order chi connectivity index (χ0) is 8.27. The number of nitriles is 1. The largest absolute Gasteiger partial charge is 0.193 e. The van der Waals surface area contributed by atoms with Gasteiger partial charge in [-0.3, -0.25) is 0 Å². The Morgan fingerprint density at radius 2 is 1.91 bits per heavy atom. The minimum Gasteiger partial charge on any atom is -0.193 e. The number of allylic oxidation sites excluding steroid dienone is 2. The quantitative estimate of drug-likeness (QED) is 0.486. The van der Waals surface area contributed by atoms with Gasteiger partial charge in [-0.2, -0.15) is 5.26 Å². The van der Waals surface area contributed by atoms with Crippen molar-refractivity contribution in [3.05, 3.63) is 11.6 Å². The van der Waals surface area contributed by atoms with E-state index in [1.54, 1.807) is 6.08 Å².